The van der Waals surface area contributed by atoms with Crippen molar-refractivity contribution in [1.82, 2.24) is 0 Å². The summed E-state index contributed by atoms with van der Waals surface area (Å²) in [6.07, 6.45) is -0.368. The molecule has 0 bridgehead atoms. The number of epoxide rings is 1. The van der Waals surface area contributed by atoms with Gasteiger partial charge in [-0.2, -0.15) is 0 Å². The van der Waals surface area contributed by atoms with Crippen LogP contribution in [0.3, 0.4) is 0 Å². The van der Waals surface area contributed by atoms with E-state index in [9.17, 15) is 0 Å². The van der Waals surface area contributed by atoms with Gasteiger partial charge in [-0.3, -0.25) is 0 Å². The first-order chi connectivity index (χ1) is 4.88. The van der Waals surface area contributed by atoms with E-state index in [-0.39, 0.29) is 18.2 Å². The van der Waals surface area contributed by atoms with Crippen LogP contribution in [-0.2, 0) is 14.2 Å². The SMILES string of the molecule is ClCOC(OCCl)C1CO1. The average molecular weight is 187 g/mol. The molecule has 0 amide bonds. The molecule has 0 aliphatic carbocycles. The van der Waals surface area contributed by atoms with E-state index in [2.05, 4.69) is 0 Å². The zero-order chi connectivity index (χ0) is 7.40. The van der Waals surface area contributed by atoms with Crippen LogP contribution < -0.4 is 0 Å². The first-order valence-electron chi connectivity index (χ1n) is 2.85. The molecule has 5 heteroatoms. The monoisotopic (exact) mass is 186 g/mol. The lowest BCUT2D eigenvalue weighted by molar-refractivity contribution is -0.128. The van der Waals surface area contributed by atoms with Crippen molar-refractivity contribution in [3.05, 3.63) is 0 Å². The molecule has 0 N–H and O–H groups in total. The summed E-state index contributed by atoms with van der Waals surface area (Å²) < 4.78 is 14.8. The van der Waals surface area contributed by atoms with E-state index >= 15 is 0 Å². The Morgan fingerprint density at radius 2 is 1.90 bits per heavy atom. The maximum Gasteiger partial charge on any atom is 0.188 e. The number of hydrogen-bond donors (Lipinski definition) is 0. The molecule has 1 aliphatic rings. The normalized spacial score (nSPS) is 23.7. The van der Waals surface area contributed by atoms with Crippen molar-refractivity contribution in [3.63, 3.8) is 0 Å². The number of alkyl halides is 2. The number of rotatable bonds is 5. The summed E-state index contributed by atoms with van der Waals surface area (Å²) in [7, 11) is 0. The minimum atomic E-state index is -0.394. The predicted octanol–water partition coefficient (Wildman–Crippen LogP) is 1.14. The fourth-order valence-corrected chi connectivity index (χ4v) is 0.848. The van der Waals surface area contributed by atoms with Gasteiger partial charge in [-0.1, -0.05) is 23.2 Å². The van der Waals surface area contributed by atoms with E-state index in [4.69, 9.17) is 37.4 Å². The molecule has 0 aromatic carbocycles. The molecular weight excluding hydrogens is 179 g/mol. The first-order valence-corrected chi connectivity index (χ1v) is 3.92. The van der Waals surface area contributed by atoms with Crippen LogP contribution in [0.5, 0.6) is 0 Å². The second kappa shape index (κ2) is 4.36. The Morgan fingerprint density at radius 1 is 1.40 bits per heavy atom. The highest BCUT2D eigenvalue weighted by Crippen LogP contribution is 2.18. The van der Waals surface area contributed by atoms with Gasteiger partial charge in [-0.05, 0) is 0 Å². The lowest BCUT2D eigenvalue weighted by atomic mass is 10.5. The van der Waals surface area contributed by atoms with Crippen LogP contribution in [0.15, 0.2) is 0 Å². The Balaban J connectivity index is 2.13. The van der Waals surface area contributed by atoms with Crippen LogP contribution in [0.4, 0.5) is 0 Å². The van der Waals surface area contributed by atoms with Gasteiger partial charge in [-0.25, -0.2) is 0 Å². The van der Waals surface area contributed by atoms with Crippen LogP contribution in [-0.4, -0.2) is 31.1 Å². The first kappa shape index (κ1) is 8.56. The molecule has 60 valence electrons. The Labute approximate surface area is 69.1 Å². The molecule has 0 aromatic rings. The van der Waals surface area contributed by atoms with Gasteiger partial charge < -0.3 is 14.2 Å². The summed E-state index contributed by atoms with van der Waals surface area (Å²) in [5, 5.41) is 0. The molecule has 1 rings (SSSR count). The molecule has 1 atom stereocenters. The maximum atomic E-state index is 5.30. The summed E-state index contributed by atoms with van der Waals surface area (Å²) in [5.41, 5.74) is 0. The van der Waals surface area contributed by atoms with E-state index < -0.39 is 6.29 Å². The zero-order valence-electron chi connectivity index (χ0n) is 5.26. The molecule has 0 spiro atoms. The van der Waals surface area contributed by atoms with E-state index in [1.54, 1.807) is 0 Å². The molecule has 1 fully saturated rings. The molecule has 0 saturated carbocycles. The number of halogens is 2. The third-order valence-corrected chi connectivity index (χ3v) is 1.37. The summed E-state index contributed by atoms with van der Waals surface area (Å²) >= 11 is 10.6. The van der Waals surface area contributed by atoms with Crippen molar-refractivity contribution < 1.29 is 14.2 Å². The van der Waals surface area contributed by atoms with Gasteiger partial charge in [0.05, 0.1) is 6.61 Å². The second-order valence-electron chi connectivity index (χ2n) is 1.79. The molecule has 1 unspecified atom stereocenters. The quantitative estimate of drug-likeness (QED) is 0.367. The molecule has 1 aliphatic heterocycles. The Kier molecular flexibility index (Phi) is 3.73. The molecule has 0 radical (unpaired) electrons. The number of ether oxygens (including phenoxy) is 3. The van der Waals surface area contributed by atoms with Crippen LogP contribution in [0.25, 0.3) is 0 Å². The molecule has 1 heterocycles. The molecule has 0 aromatic heterocycles. The second-order valence-corrected chi connectivity index (χ2v) is 2.23. The van der Waals surface area contributed by atoms with Crippen molar-refractivity contribution in [2.75, 3.05) is 18.7 Å². The molecule has 3 nitrogen and oxygen atoms in total. The van der Waals surface area contributed by atoms with Crippen LogP contribution >= 0.6 is 23.2 Å². The highest BCUT2D eigenvalue weighted by Gasteiger charge is 2.34. The standard InChI is InChI=1S/C5H8Cl2O3/c6-2-9-5(10-3-7)4-1-8-4/h4-5H,1-3H2. The highest BCUT2D eigenvalue weighted by atomic mass is 35.5. The smallest absolute Gasteiger partial charge is 0.188 e. The lowest BCUT2D eigenvalue weighted by Crippen LogP contribution is -2.22. The van der Waals surface area contributed by atoms with E-state index in [1.165, 1.54) is 0 Å². The Bertz CT molecular complexity index is 90.9. The molecule has 1 saturated heterocycles. The highest BCUT2D eigenvalue weighted by molar-refractivity contribution is 6.17. The summed E-state index contributed by atoms with van der Waals surface area (Å²) in [6, 6.07) is 0.197. The largest absolute Gasteiger partial charge is 0.368 e. The van der Waals surface area contributed by atoms with Gasteiger partial charge in [0.15, 0.2) is 6.29 Å². The van der Waals surface area contributed by atoms with Crippen molar-refractivity contribution in [1.29, 1.82) is 0 Å². The van der Waals surface area contributed by atoms with Crippen molar-refractivity contribution in [2.24, 2.45) is 0 Å². The Morgan fingerprint density at radius 3 is 2.20 bits per heavy atom. The van der Waals surface area contributed by atoms with Crippen molar-refractivity contribution in [3.8, 4) is 0 Å². The lowest BCUT2D eigenvalue weighted by Gasteiger charge is -2.11. The molecular formula is C5H8Cl2O3. The maximum absolute atomic E-state index is 5.30. The fourth-order valence-electron chi connectivity index (χ4n) is 0.600. The van der Waals surface area contributed by atoms with Gasteiger partial charge in [0.2, 0.25) is 0 Å². The van der Waals surface area contributed by atoms with Gasteiger partial charge in [-0.15, -0.1) is 0 Å². The fraction of sp³-hybridized carbons (Fsp3) is 1.00. The van der Waals surface area contributed by atoms with Gasteiger partial charge in [0.25, 0.3) is 0 Å². The predicted molar refractivity (Wildman–Crippen MR) is 37.1 cm³/mol. The third kappa shape index (κ3) is 2.60. The topological polar surface area (TPSA) is 31.0 Å². The minimum absolute atomic E-state index is 0.0255. The van der Waals surface area contributed by atoms with Crippen LogP contribution in [0.1, 0.15) is 0 Å². The summed E-state index contributed by atoms with van der Waals surface area (Å²) in [5.74, 6) is 0. The van der Waals surface area contributed by atoms with Crippen molar-refractivity contribution >= 4 is 23.2 Å². The zero-order valence-corrected chi connectivity index (χ0v) is 6.77. The summed E-state index contributed by atoms with van der Waals surface area (Å²) in [6.45, 7) is 0.665. The summed E-state index contributed by atoms with van der Waals surface area (Å²) in [4.78, 5) is 0. The van der Waals surface area contributed by atoms with Crippen LogP contribution in [0.2, 0.25) is 0 Å². The van der Waals surface area contributed by atoms with Crippen LogP contribution in [0, 0.1) is 0 Å². The van der Waals surface area contributed by atoms with Gasteiger partial charge in [0, 0.05) is 0 Å². The third-order valence-electron chi connectivity index (χ3n) is 1.12. The van der Waals surface area contributed by atoms with E-state index in [0.29, 0.717) is 6.61 Å². The minimum Gasteiger partial charge on any atom is -0.368 e. The van der Waals surface area contributed by atoms with E-state index in [0.717, 1.165) is 0 Å². The van der Waals surface area contributed by atoms with Crippen molar-refractivity contribution in [2.45, 2.75) is 12.4 Å². The van der Waals surface area contributed by atoms with E-state index in [1.807, 2.05) is 0 Å². The van der Waals surface area contributed by atoms with Gasteiger partial charge >= 0.3 is 0 Å². The Hall–Kier alpha value is 0.460. The molecule has 10 heavy (non-hydrogen) atoms. The average Bonchev–Trinajstić information content (AvgIpc) is 2.69. The van der Waals surface area contributed by atoms with Gasteiger partial charge in [0.1, 0.15) is 18.2 Å². The number of hydrogen-bond acceptors (Lipinski definition) is 3.